The second-order valence-electron chi connectivity index (χ2n) is 5.94. The molecule has 2 rings (SSSR count). The maximum Gasteiger partial charge on any atom is 0.306 e. The van der Waals surface area contributed by atoms with Crippen molar-refractivity contribution in [2.24, 2.45) is 0 Å². The van der Waals surface area contributed by atoms with Crippen molar-refractivity contribution in [2.45, 2.75) is 45.6 Å². The summed E-state index contributed by atoms with van der Waals surface area (Å²) in [5, 5.41) is 0. The number of rotatable bonds is 8. The molecule has 0 N–H and O–H groups in total. The molecule has 134 valence electrons. The van der Waals surface area contributed by atoms with Crippen molar-refractivity contribution in [2.75, 3.05) is 6.54 Å². The fourth-order valence-electron chi connectivity index (χ4n) is 2.33. The number of unbranched alkanes of at least 4 members (excludes halogenated alkanes) is 2. The van der Waals surface area contributed by atoms with Gasteiger partial charge in [-0.05, 0) is 44.9 Å². The minimum absolute atomic E-state index is 0.0696. The Morgan fingerprint density at radius 2 is 2.16 bits per heavy atom. The van der Waals surface area contributed by atoms with Crippen LogP contribution in [0.5, 0.6) is 0 Å². The zero-order chi connectivity index (χ0) is 18.2. The molecule has 1 aliphatic heterocycles. The number of carbonyl (C=O) groups is 2. The Balaban J connectivity index is 1.77. The topological polar surface area (TPSA) is 59.5 Å². The van der Waals surface area contributed by atoms with Gasteiger partial charge in [-0.25, -0.2) is 0 Å². The van der Waals surface area contributed by atoms with Gasteiger partial charge in [-0.15, -0.1) is 0 Å². The van der Waals surface area contributed by atoms with Gasteiger partial charge in [-0.3, -0.25) is 19.5 Å². The molecule has 7 heteroatoms. The minimum atomic E-state index is -0.168. The highest BCUT2D eigenvalue weighted by molar-refractivity contribution is 8.26. The summed E-state index contributed by atoms with van der Waals surface area (Å²) in [5.41, 5.74) is 0.742. The van der Waals surface area contributed by atoms with E-state index in [9.17, 15) is 9.59 Å². The van der Waals surface area contributed by atoms with Crippen molar-refractivity contribution >= 4 is 46.3 Å². The Hall–Kier alpha value is -1.73. The number of esters is 1. The van der Waals surface area contributed by atoms with Crippen LogP contribution in [0.25, 0.3) is 6.08 Å². The van der Waals surface area contributed by atoms with Crippen molar-refractivity contribution in [3.05, 3.63) is 35.0 Å². The van der Waals surface area contributed by atoms with Crippen molar-refractivity contribution < 1.29 is 14.3 Å². The Morgan fingerprint density at radius 1 is 1.36 bits per heavy atom. The summed E-state index contributed by atoms with van der Waals surface area (Å²) < 4.78 is 5.67. The molecule has 1 aromatic heterocycles. The molecule has 1 fully saturated rings. The number of hydrogen-bond acceptors (Lipinski definition) is 6. The normalized spacial score (nSPS) is 16.1. The maximum atomic E-state index is 12.5. The Morgan fingerprint density at radius 3 is 2.84 bits per heavy atom. The zero-order valence-corrected chi connectivity index (χ0v) is 16.1. The summed E-state index contributed by atoms with van der Waals surface area (Å²) in [4.78, 5) is 30.4. The van der Waals surface area contributed by atoms with Crippen LogP contribution >= 0.6 is 24.0 Å². The van der Waals surface area contributed by atoms with Gasteiger partial charge < -0.3 is 4.74 Å². The number of nitrogens with zero attached hydrogens (tertiary/aromatic N) is 2. The van der Waals surface area contributed by atoms with Gasteiger partial charge in [0.2, 0.25) is 0 Å². The smallest absolute Gasteiger partial charge is 0.306 e. The average molecular weight is 379 g/mol. The molecule has 0 spiro atoms. The molecule has 0 saturated carbocycles. The van der Waals surface area contributed by atoms with Gasteiger partial charge in [0.25, 0.3) is 5.91 Å². The summed E-state index contributed by atoms with van der Waals surface area (Å²) in [6, 6.07) is 5.56. The second kappa shape index (κ2) is 9.68. The summed E-state index contributed by atoms with van der Waals surface area (Å²) in [5.74, 6) is -0.237. The number of amides is 1. The Bertz CT molecular complexity index is 660. The summed E-state index contributed by atoms with van der Waals surface area (Å²) in [6.45, 7) is 4.25. The molecule has 0 radical (unpaired) electrons. The number of aromatic nitrogens is 1. The summed E-state index contributed by atoms with van der Waals surface area (Å²) in [6.07, 6.45) is 6.20. The van der Waals surface area contributed by atoms with Crippen LogP contribution in [-0.2, 0) is 14.3 Å². The van der Waals surface area contributed by atoms with E-state index in [1.54, 1.807) is 17.2 Å². The fraction of sp³-hybridized carbons (Fsp3) is 0.444. The van der Waals surface area contributed by atoms with Gasteiger partial charge in [-0.2, -0.15) is 0 Å². The molecule has 0 bridgehead atoms. The summed E-state index contributed by atoms with van der Waals surface area (Å²) in [7, 11) is 0. The van der Waals surface area contributed by atoms with Crippen molar-refractivity contribution in [1.82, 2.24) is 9.88 Å². The van der Waals surface area contributed by atoms with Crippen molar-refractivity contribution in [3.63, 3.8) is 0 Å². The van der Waals surface area contributed by atoms with E-state index < -0.39 is 0 Å². The molecule has 25 heavy (non-hydrogen) atoms. The van der Waals surface area contributed by atoms with Crippen molar-refractivity contribution in [1.29, 1.82) is 0 Å². The maximum absolute atomic E-state index is 12.5. The van der Waals surface area contributed by atoms with Gasteiger partial charge in [0.1, 0.15) is 4.32 Å². The molecule has 0 aliphatic carbocycles. The van der Waals surface area contributed by atoms with Crippen molar-refractivity contribution in [3.8, 4) is 0 Å². The van der Waals surface area contributed by atoms with Gasteiger partial charge >= 0.3 is 5.97 Å². The number of pyridine rings is 1. The van der Waals surface area contributed by atoms with Crippen LogP contribution in [0.2, 0.25) is 0 Å². The highest BCUT2D eigenvalue weighted by Crippen LogP contribution is 2.32. The first-order chi connectivity index (χ1) is 12.0. The molecule has 0 unspecified atom stereocenters. The molecule has 1 aromatic rings. The third kappa shape index (κ3) is 6.25. The van der Waals surface area contributed by atoms with Gasteiger partial charge in [0, 0.05) is 19.2 Å². The molecule has 1 saturated heterocycles. The first kappa shape index (κ1) is 19.6. The van der Waals surface area contributed by atoms with E-state index in [4.69, 9.17) is 17.0 Å². The standard InChI is InChI=1S/C18H22N2O3S2/c1-13(2)23-16(21)9-4-3-7-11-20-17(22)15(25-18(20)24)12-14-8-5-6-10-19-14/h5-6,8,10,12-13H,3-4,7,9,11H2,1-2H3. The third-order valence-electron chi connectivity index (χ3n) is 3.47. The molecule has 1 amide bonds. The molecule has 0 atom stereocenters. The molecule has 5 nitrogen and oxygen atoms in total. The lowest BCUT2D eigenvalue weighted by Crippen LogP contribution is -2.29. The predicted molar refractivity (Wildman–Crippen MR) is 104 cm³/mol. The predicted octanol–water partition coefficient (Wildman–Crippen LogP) is 3.79. The minimum Gasteiger partial charge on any atom is -0.463 e. The highest BCUT2D eigenvalue weighted by Gasteiger charge is 2.31. The van der Waals surface area contributed by atoms with Gasteiger partial charge in [0.05, 0.1) is 16.7 Å². The van der Waals surface area contributed by atoms with E-state index in [1.807, 2.05) is 32.0 Å². The van der Waals surface area contributed by atoms with Crippen LogP contribution in [0, 0.1) is 0 Å². The SMILES string of the molecule is CC(C)OC(=O)CCCCCN1C(=O)C(=Cc2ccccn2)SC1=S. The second-order valence-corrected chi connectivity index (χ2v) is 7.61. The lowest BCUT2D eigenvalue weighted by molar-refractivity contribution is -0.147. The summed E-state index contributed by atoms with van der Waals surface area (Å²) >= 11 is 6.62. The van der Waals surface area contributed by atoms with E-state index in [1.165, 1.54) is 11.8 Å². The lowest BCUT2D eigenvalue weighted by atomic mass is 10.2. The molecular formula is C18H22N2O3S2. The third-order valence-corrected chi connectivity index (χ3v) is 4.85. The van der Waals surface area contributed by atoms with Gasteiger partial charge in [0.15, 0.2) is 0 Å². The average Bonchev–Trinajstić information content (AvgIpc) is 2.82. The van der Waals surface area contributed by atoms with Crippen LogP contribution in [0.4, 0.5) is 0 Å². The van der Waals surface area contributed by atoms with Crippen LogP contribution in [0.1, 0.15) is 45.2 Å². The molecule has 2 heterocycles. The number of hydrogen-bond donors (Lipinski definition) is 0. The molecular weight excluding hydrogens is 356 g/mol. The molecule has 0 aromatic carbocycles. The van der Waals surface area contributed by atoms with Crippen LogP contribution in [0.3, 0.4) is 0 Å². The number of carbonyl (C=O) groups excluding carboxylic acids is 2. The fourth-order valence-corrected chi connectivity index (χ4v) is 3.62. The van der Waals surface area contributed by atoms with Crippen LogP contribution in [-0.4, -0.2) is 38.7 Å². The van der Waals surface area contributed by atoms with E-state index >= 15 is 0 Å². The quantitative estimate of drug-likeness (QED) is 0.297. The number of thioether (sulfide) groups is 1. The number of thiocarbonyl (C=S) groups is 1. The first-order valence-corrected chi connectivity index (χ1v) is 9.55. The Labute approximate surface area is 157 Å². The van der Waals surface area contributed by atoms with E-state index in [0.29, 0.717) is 22.2 Å². The monoisotopic (exact) mass is 378 g/mol. The first-order valence-electron chi connectivity index (χ1n) is 8.33. The largest absolute Gasteiger partial charge is 0.463 e. The van der Waals surface area contributed by atoms with Gasteiger partial charge in [-0.1, -0.05) is 36.5 Å². The highest BCUT2D eigenvalue weighted by atomic mass is 32.2. The van der Waals surface area contributed by atoms with E-state index in [0.717, 1.165) is 25.0 Å². The lowest BCUT2D eigenvalue weighted by Gasteiger charge is -2.14. The van der Waals surface area contributed by atoms with Crippen LogP contribution < -0.4 is 0 Å². The zero-order valence-electron chi connectivity index (χ0n) is 14.4. The van der Waals surface area contributed by atoms with Crippen LogP contribution in [0.15, 0.2) is 29.3 Å². The number of ether oxygens (including phenoxy) is 1. The van der Waals surface area contributed by atoms with E-state index in [-0.39, 0.29) is 18.0 Å². The Kier molecular flexibility index (Phi) is 7.58. The molecule has 1 aliphatic rings. The van der Waals surface area contributed by atoms with E-state index in [2.05, 4.69) is 4.98 Å².